The maximum absolute atomic E-state index is 11.9. The second-order valence-electron chi connectivity index (χ2n) is 5.42. The van der Waals surface area contributed by atoms with E-state index in [1.54, 1.807) is 7.11 Å². The highest BCUT2D eigenvalue weighted by Gasteiger charge is 2.04. The molecule has 4 nitrogen and oxygen atoms in total. The van der Waals surface area contributed by atoms with Crippen LogP contribution in [-0.4, -0.2) is 26.1 Å². The molecule has 2 rings (SSSR count). The summed E-state index contributed by atoms with van der Waals surface area (Å²) in [5, 5.41) is 6.24. The summed E-state index contributed by atoms with van der Waals surface area (Å²) in [4.78, 5) is 11.9. The van der Waals surface area contributed by atoms with Gasteiger partial charge in [-0.3, -0.25) is 4.79 Å². The zero-order chi connectivity index (χ0) is 16.5. The Kier molecular flexibility index (Phi) is 6.63. The van der Waals surface area contributed by atoms with Crippen LogP contribution in [0.25, 0.3) is 0 Å². The number of rotatable bonds is 8. The van der Waals surface area contributed by atoms with Crippen molar-refractivity contribution < 1.29 is 9.53 Å². The average Bonchev–Trinajstić information content (AvgIpc) is 2.57. The molecular formula is C19H24N2O2. The van der Waals surface area contributed by atoms with E-state index in [1.807, 2.05) is 49.4 Å². The summed E-state index contributed by atoms with van der Waals surface area (Å²) in [5.41, 5.74) is 3.13. The summed E-state index contributed by atoms with van der Waals surface area (Å²) in [5.74, 6) is 0.940. The number of ether oxygens (including phenoxy) is 1. The third-order valence-electron chi connectivity index (χ3n) is 3.71. The lowest BCUT2D eigenvalue weighted by Crippen LogP contribution is -2.23. The molecule has 0 aliphatic carbocycles. The van der Waals surface area contributed by atoms with Gasteiger partial charge < -0.3 is 15.4 Å². The number of hydrogen-bond acceptors (Lipinski definition) is 3. The predicted octanol–water partition coefficient (Wildman–Crippen LogP) is 3.16. The van der Waals surface area contributed by atoms with Crippen molar-refractivity contribution in [1.29, 1.82) is 0 Å². The highest BCUT2D eigenvalue weighted by atomic mass is 16.5. The minimum Gasteiger partial charge on any atom is -0.496 e. The van der Waals surface area contributed by atoms with Crippen molar-refractivity contribution in [3.63, 3.8) is 0 Å². The number of nitrogens with one attached hydrogen (secondary N) is 2. The summed E-state index contributed by atoms with van der Waals surface area (Å²) in [7, 11) is 1.68. The number of carbonyl (C=O) groups excluding carboxylic acids is 1. The highest BCUT2D eigenvalue weighted by Crippen LogP contribution is 2.17. The van der Waals surface area contributed by atoms with E-state index in [4.69, 9.17) is 4.74 Å². The van der Waals surface area contributed by atoms with Crippen LogP contribution in [0.1, 0.15) is 17.5 Å². The Hall–Kier alpha value is -2.33. The summed E-state index contributed by atoms with van der Waals surface area (Å²) in [6.07, 6.45) is 1.34. The van der Waals surface area contributed by atoms with Gasteiger partial charge in [-0.1, -0.05) is 36.4 Å². The Bertz CT molecular complexity index is 641. The number of methoxy groups -OCH3 is 1. The van der Waals surface area contributed by atoms with Gasteiger partial charge in [0.25, 0.3) is 0 Å². The Morgan fingerprint density at radius 1 is 1.04 bits per heavy atom. The van der Waals surface area contributed by atoms with Crippen molar-refractivity contribution in [2.45, 2.75) is 19.8 Å². The van der Waals surface area contributed by atoms with Gasteiger partial charge in [-0.15, -0.1) is 0 Å². The largest absolute Gasteiger partial charge is 0.496 e. The van der Waals surface area contributed by atoms with Crippen molar-refractivity contribution in [1.82, 2.24) is 5.32 Å². The topological polar surface area (TPSA) is 50.4 Å². The third kappa shape index (κ3) is 5.42. The number of benzene rings is 2. The minimum atomic E-state index is 0.0316. The van der Waals surface area contributed by atoms with Crippen LogP contribution in [0.5, 0.6) is 5.75 Å². The van der Waals surface area contributed by atoms with E-state index in [0.717, 1.165) is 30.0 Å². The molecule has 0 saturated carbocycles. The number of para-hydroxylation sites is 2. The molecule has 0 aliphatic rings. The Morgan fingerprint density at radius 3 is 2.57 bits per heavy atom. The molecule has 0 spiro atoms. The normalized spacial score (nSPS) is 10.3. The molecule has 4 heteroatoms. The smallest absolute Gasteiger partial charge is 0.225 e. The predicted molar refractivity (Wildman–Crippen MR) is 94.0 cm³/mol. The Morgan fingerprint density at radius 2 is 1.78 bits per heavy atom. The summed E-state index contributed by atoms with van der Waals surface area (Å²) >= 11 is 0. The van der Waals surface area contributed by atoms with Crippen LogP contribution >= 0.6 is 0 Å². The van der Waals surface area contributed by atoms with Crippen molar-refractivity contribution in [2.75, 3.05) is 25.5 Å². The zero-order valence-corrected chi connectivity index (χ0v) is 13.8. The molecule has 2 aromatic carbocycles. The van der Waals surface area contributed by atoms with Gasteiger partial charge in [0.05, 0.1) is 7.11 Å². The third-order valence-corrected chi connectivity index (χ3v) is 3.71. The molecule has 0 atom stereocenters. The van der Waals surface area contributed by atoms with E-state index < -0.39 is 0 Å². The van der Waals surface area contributed by atoms with Gasteiger partial charge in [0.15, 0.2) is 0 Å². The van der Waals surface area contributed by atoms with Crippen LogP contribution in [0.2, 0.25) is 0 Å². The molecule has 0 aliphatic heterocycles. The van der Waals surface area contributed by atoms with E-state index in [-0.39, 0.29) is 5.91 Å². The molecule has 0 unspecified atom stereocenters. The SMILES string of the molecule is COc1ccccc1CCNCCC(=O)Nc1ccccc1C. The molecule has 2 aromatic rings. The lowest BCUT2D eigenvalue weighted by Gasteiger charge is -2.10. The van der Waals surface area contributed by atoms with Gasteiger partial charge in [0.2, 0.25) is 5.91 Å². The number of carbonyl (C=O) groups is 1. The molecule has 0 radical (unpaired) electrons. The highest BCUT2D eigenvalue weighted by molar-refractivity contribution is 5.91. The molecule has 122 valence electrons. The maximum Gasteiger partial charge on any atom is 0.225 e. The van der Waals surface area contributed by atoms with Gasteiger partial charge in [-0.2, -0.15) is 0 Å². The molecule has 0 fully saturated rings. The van der Waals surface area contributed by atoms with Crippen molar-refractivity contribution in [3.05, 3.63) is 59.7 Å². The first kappa shape index (κ1) is 17.0. The minimum absolute atomic E-state index is 0.0316. The fourth-order valence-corrected chi connectivity index (χ4v) is 2.39. The first-order valence-corrected chi connectivity index (χ1v) is 7.89. The second-order valence-corrected chi connectivity index (χ2v) is 5.42. The van der Waals surface area contributed by atoms with Crippen LogP contribution in [0.15, 0.2) is 48.5 Å². The summed E-state index contributed by atoms with van der Waals surface area (Å²) in [6, 6.07) is 15.8. The summed E-state index contributed by atoms with van der Waals surface area (Å²) in [6.45, 7) is 3.46. The monoisotopic (exact) mass is 312 g/mol. The number of hydrogen-bond donors (Lipinski definition) is 2. The van der Waals surface area contributed by atoms with Crippen LogP contribution in [0.4, 0.5) is 5.69 Å². The van der Waals surface area contributed by atoms with Crippen LogP contribution in [0.3, 0.4) is 0 Å². The lowest BCUT2D eigenvalue weighted by molar-refractivity contribution is -0.116. The quantitative estimate of drug-likeness (QED) is 0.736. The molecule has 0 bridgehead atoms. The standard InChI is InChI=1S/C19H24N2O2/c1-15-7-3-5-9-17(15)21-19(22)12-14-20-13-11-16-8-4-6-10-18(16)23-2/h3-10,20H,11-14H2,1-2H3,(H,21,22). The van der Waals surface area contributed by atoms with E-state index in [2.05, 4.69) is 16.7 Å². The van der Waals surface area contributed by atoms with E-state index >= 15 is 0 Å². The molecule has 2 N–H and O–H groups in total. The second kappa shape index (κ2) is 8.96. The zero-order valence-electron chi connectivity index (χ0n) is 13.8. The van der Waals surface area contributed by atoms with Gasteiger partial charge in [0, 0.05) is 18.7 Å². The van der Waals surface area contributed by atoms with Crippen molar-refractivity contribution in [2.24, 2.45) is 0 Å². The molecule has 1 amide bonds. The molecule has 0 saturated heterocycles. The summed E-state index contributed by atoms with van der Waals surface area (Å²) < 4.78 is 5.33. The van der Waals surface area contributed by atoms with Crippen molar-refractivity contribution in [3.8, 4) is 5.75 Å². The van der Waals surface area contributed by atoms with E-state index in [1.165, 1.54) is 5.56 Å². The van der Waals surface area contributed by atoms with Crippen molar-refractivity contribution >= 4 is 11.6 Å². The number of amides is 1. The number of anilines is 1. The first-order chi connectivity index (χ1) is 11.2. The molecule has 23 heavy (non-hydrogen) atoms. The fourth-order valence-electron chi connectivity index (χ4n) is 2.39. The molecular weight excluding hydrogens is 288 g/mol. The number of aryl methyl sites for hydroxylation is 1. The lowest BCUT2D eigenvalue weighted by atomic mass is 10.1. The van der Waals surface area contributed by atoms with Gasteiger partial charge in [-0.25, -0.2) is 0 Å². The van der Waals surface area contributed by atoms with Crippen LogP contribution < -0.4 is 15.4 Å². The van der Waals surface area contributed by atoms with Gasteiger partial charge >= 0.3 is 0 Å². The van der Waals surface area contributed by atoms with E-state index in [0.29, 0.717) is 13.0 Å². The average molecular weight is 312 g/mol. The fraction of sp³-hybridized carbons (Fsp3) is 0.316. The molecule has 0 aromatic heterocycles. The van der Waals surface area contributed by atoms with E-state index in [9.17, 15) is 4.79 Å². The Balaban J connectivity index is 1.67. The first-order valence-electron chi connectivity index (χ1n) is 7.89. The van der Waals surface area contributed by atoms with Crippen LogP contribution in [0, 0.1) is 6.92 Å². The maximum atomic E-state index is 11.9. The Labute approximate surface area is 137 Å². The van der Waals surface area contributed by atoms with Crippen LogP contribution in [-0.2, 0) is 11.2 Å². The van der Waals surface area contributed by atoms with Gasteiger partial charge in [-0.05, 0) is 43.1 Å². The van der Waals surface area contributed by atoms with Gasteiger partial charge in [0.1, 0.15) is 5.75 Å². The molecule has 0 heterocycles.